The molecule has 0 bridgehead atoms. The molecule has 0 heterocycles. The maximum atomic E-state index is 9.98. The molecule has 0 aliphatic carbocycles. The van der Waals surface area contributed by atoms with Crippen molar-refractivity contribution in [3.05, 3.63) is 41.5 Å². The van der Waals surface area contributed by atoms with E-state index in [1.54, 1.807) is 30.3 Å². The lowest BCUT2D eigenvalue weighted by Crippen LogP contribution is -1.96. The van der Waals surface area contributed by atoms with Gasteiger partial charge in [-0.15, -0.1) is 0 Å². The van der Waals surface area contributed by atoms with Gasteiger partial charge in [0, 0.05) is 0 Å². The largest absolute Gasteiger partial charge is 0.508 e. The predicted octanol–water partition coefficient (Wildman–Crippen LogP) is 3.60. The van der Waals surface area contributed by atoms with Crippen molar-refractivity contribution in [3.8, 4) is 28.4 Å². The smallest absolute Gasteiger partial charge is 0.127 e. The van der Waals surface area contributed by atoms with Crippen LogP contribution in [0.2, 0.25) is 0 Å². The Hall–Kier alpha value is -2.16. The summed E-state index contributed by atoms with van der Waals surface area (Å²) in [5, 5.41) is 29.9. The molecule has 2 rings (SSSR count). The molecule has 0 radical (unpaired) electrons. The predicted molar refractivity (Wildman–Crippen MR) is 75.6 cm³/mol. The van der Waals surface area contributed by atoms with E-state index in [1.807, 2.05) is 13.8 Å². The Morgan fingerprint density at radius 3 is 1.84 bits per heavy atom. The van der Waals surface area contributed by atoms with Crippen molar-refractivity contribution in [2.75, 3.05) is 0 Å². The first kappa shape index (κ1) is 13.3. The summed E-state index contributed by atoms with van der Waals surface area (Å²) in [7, 11) is 0. The van der Waals surface area contributed by atoms with Crippen LogP contribution in [0.4, 0.5) is 0 Å². The Morgan fingerprint density at radius 2 is 1.32 bits per heavy atom. The van der Waals surface area contributed by atoms with Crippen LogP contribution in [0.3, 0.4) is 0 Å². The second-order valence-corrected chi connectivity index (χ2v) is 4.47. The number of aromatic hydroxyl groups is 3. The van der Waals surface area contributed by atoms with Crippen LogP contribution in [-0.4, -0.2) is 15.3 Å². The van der Waals surface area contributed by atoms with Gasteiger partial charge in [-0.05, 0) is 47.7 Å². The Morgan fingerprint density at radius 1 is 0.737 bits per heavy atom. The molecule has 0 fully saturated rings. The molecule has 0 atom stereocenters. The SMILES string of the molecule is CCc1c(O)ccc(-c2c(O)cccc2O)c1CC. The van der Waals surface area contributed by atoms with Crippen LogP contribution in [0, 0.1) is 0 Å². The van der Waals surface area contributed by atoms with Crippen LogP contribution >= 0.6 is 0 Å². The van der Waals surface area contributed by atoms with Crippen LogP contribution in [0.1, 0.15) is 25.0 Å². The Balaban J connectivity index is 2.76. The number of phenolic OH excluding ortho intramolecular Hbond substituents is 3. The number of phenols is 3. The van der Waals surface area contributed by atoms with Gasteiger partial charge in [0.05, 0.1) is 5.56 Å². The molecular weight excluding hydrogens is 240 g/mol. The average Bonchev–Trinajstić information content (AvgIpc) is 2.39. The lowest BCUT2D eigenvalue weighted by molar-refractivity contribution is 0.453. The lowest BCUT2D eigenvalue weighted by atomic mass is 9.91. The quantitative estimate of drug-likeness (QED) is 0.788. The van der Waals surface area contributed by atoms with Crippen molar-refractivity contribution in [2.24, 2.45) is 0 Å². The van der Waals surface area contributed by atoms with Crippen molar-refractivity contribution in [1.29, 1.82) is 0 Å². The molecule has 0 saturated heterocycles. The van der Waals surface area contributed by atoms with Crippen LogP contribution < -0.4 is 0 Å². The van der Waals surface area contributed by atoms with Gasteiger partial charge in [-0.25, -0.2) is 0 Å². The fourth-order valence-electron chi connectivity index (χ4n) is 2.52. The van der Waals surface area contributed by atoms with E-state index in [1.165, 1.54) is 0 Å². The van der Waals surface area contributed by atoms with E-state index in [0.717, 1.165) is 23.1 Å². The molecular formula is C16H18O3. The zero-order valence-electron chi connectivity index (χ0n) is 11.1. The van der Waals surface area contributed by atoms with Crippen LogP contribution in [0.15, 0.2) is 30.3 Å². The number of rotatable bonds is 3. The summed E-state index contributed by atoms with van der Waals surface area (Å²) in [6.45, 7) is 3.97. The molecule has 0 aliphatic heterocycles. The fraction of sp³-hybridized carbons (Fsp3) is 0.250. The first-order valence-corrected chi connectivity index (χ1v) is 6.45. The van der Waals surface area contributed by atoms with Gasteiger partial charge in [0.15, 0.2) is 0 Å². The highest BCUT2D eigenvalue weighted by Gasteiger charge is 2.16. The van der Waals surface area contributed by atoms with Crippen LogP contribution in [0.25, 0.3) is 11.1 Å². The van der Waals surface area contributed by atoms with Gasteiger partial charge < -0.3 is 15.3 Å². The molecule has 0 spiro atoms. The van der Waals surface area contributed by atoms with E-state index in [4.69, 9.17) is 0 Å². The molecule has 0 unspecified atom stereocenters. The number of benzene rings is 2. The Kier molecular flexibility index (Phi) is 3.65. The third-order valence-electron chi connectivity index (χ3n) is 3.40. The summed E-state index contributed by atoms with van der Waals surface area (Å²) in [6, 6.07) is 8.04. The summed E-state index contributed by atoms with van der Waals surface area (Å²) in [5.74, 6) is 0.350. The summed E-state index contributed by atoms with van der Waals surface area (Å²) >= 11 is 0. The Labute approximate surface area is 112 Å². The van der Waals surface area contributed by atoms with Gasteiger partial charge in [-0.1, -0.05) is 26.0 Å². The minimum Gasteiger partial charge on any atom is -0.508 e. The summed E-state index contributed by atoms with van der Waals surface area (Å²) in [4.78, 5) is 0. The monoisotopic (exact) mass is 258 g/mol. The third-order valence-corrected chi connectivity index (χ3v) is 3.40. The van der Waals surface area contributed by atoms with Crippen LogP contribution in [-0.2, 0) is 12.8 Å². The molecule has 19 heavy (non-hydrogen) atoms. The zero-order chi connectivity index (χ0) is 14.0. The molecule has 100 valence electrons. The van der Waals surface area contributed by atoms with Crippen molar-refractivity contribution < 1.29 is 15.3 Å². The topological polar surface area (TPSA) is 60.7 Å². The highest BCUT2D eigenvalue weighted by molar-refractivity contribution is 5.80. The van der Waals surface area contributed by atoms with E-state index in [-0.39, 0.29) is 17.2 Å². The lowest BCUT2D eigenvalue weighted by Gasteiger charge is -2.16. The van der Waals surface area contributed by atoms with E-state index < -0.39 is 0 Å². The molecule has 3 heteroatoms. The standard InChI is InChI=1S/C16H18O3/c1-3-10-11(4-2)13(17)9-8-12(10)16-14(18)6-5-7-15(16)19/h5-9,17-19H,3-4H2,1-2H3. The van der Waals surface area contributed by atoms with Gasteiger partial charge in [0.1, 0.15) is 17.2 Å². The molecule has 0 saturated carbocycles. The van der Waals surface area contributed by atoms with Gasteiger partial charge >= 0.3 is 0 Å². The van der Waals surface area contributed by atoms with Gasteiger partial charge in [-0.2, -0.15) is 0 Å². The normalized spacial score (nSPS) is 10.6. The van der Waals surface area contributed by atoms with E-state index in [9.17, 15) is 15.3 Å². The summed E-state index contributed by atoms with van der Waals surface area (Å²) in [5.41, 5.74) is 3.02. The third kappa shape index (κ3) is 2.24. The average molecular weight is 258 g/mol. The minimum absolute atomic E-state index is 0.0439. The maximum absolute atomic E-state index is 9.98. The molecule has 2 aromatic carbocycles. The molecule has 0 amide bonds. The van der Waals surface area contributed by atoms with Crippen molar-refractivity contribution in [1.82, 2.24) is 0 Å². The molecule has 3 N–H and O–H groups in total. The van der Waals surface area contributed by atoms with Crippen LogP contribution in [0.5, 0.6) is 17.2 Å². The number of hydrogen-bond acceptors (Lipinski definition) is 3. The van der Waals surface area contributed by atoms with E-state index in [2.05, 4.69) is 0 Å². The first-order chi connectivity index (χ1) is 9.10. The van der Waals surface area contributed by atoms with Gasteiger partial charge in [-0.3, -0.25) is 0 Å². The van der Waals surface area contributed by atoms with Crippen molar-refractivity contribution in [2.45, 2.75) is 26.7 Å². The molecule has 0 aliphatic rings. The van der Waals surface area contributed by atoms with Gasteiger partial charge in [0.25, 0.3) is 0 Å². The minimum atomic E-state index is 0.0439. The Bertz CT molecular complexity index is 583. The zero-order valence-corrected chi connectivity index (χ0v) is 11.1. The van der Waals surface area contributed by atoms with Crippen molar-refractivity contribution >= 4 is 0 Å². The second-order valence-electron chi connectivity index (χ2n) is 4.47. The van der Waals surface area contributed by atoms with Gasteiger partial charge in [0.2, 0.25) is 0 Å². The molecule has 0 aromatic heterocycles. The highest BCUT2D eigenvalue weighted by Crippen LogP contribution is 2.41. The first-order valence-electron chi connectivity index (χ1n) is 6.45. The van der Waals surface area contributed by atoms with E-state index >= 15 is 0 Å². The molecule has 2 aromatic rings. The number of hydrogen-bond donors (Lipinski definition) is 3. The fourth-order valence-corrected chi connectivity index (χ4v) is 2.52. The summed E-state index contributed by atoms with van der Waals surface area (Å²) < 4.78 is 0. The summed E-state index contributed by atoms with van der Waals surface area (Å²) in [6.07, 6.45) is 1.43. The second kappa shape index (κ2) is 5.22. The highest BCUT2D eigenvalue weighted by atomic mass is 16.3. The van der Waals surface area contributed by atoms with Crippen molar-refractivity contribution in [3.63, 3.8) is 0 Å². The molecule has 3 nitrogen and oxygen atoms in total. The van der Waals surface area contributed by atoms with E-state index in [0.29, 0.717) is 12.0 Å². The maximum Gasteiger partial charge on any atom is 0.127 e.